The molecule has 2 aliphatic heterocycles. The Morgan fingerprint density at radius 1 is 1.00 bits per heavy atom. The van der Waals surface area contributed by atoms with Crippen molar-refractivity contribution in [3.8, 4) is 0 Å². The fourth-order valence-electron chi connectivity index (χ4n) is 4.86. The number of para-hydroxylation sites is 1. The molecule has 2 aliphatic rings. The van der Waals surface area contributed by atoms with Gasteiger partial charge in [0.1, 0.15) is 4.90 Å². The highest BCUT2D eigenvalue weighted by atomic mass is 32.2. The first-order chi connectivity index (χ1) is 19.0. The zero-order valence-corrected chi connectivity index (χ0v) is 22.8. The molecule has 1 amide bonds. The summed E-state index contributed by atoms with van der Waals surface area (Å²) < 4.78 is 36.9. The number of hydrogen-bond donors (Lipinski definition) is 1. The zero-order valence-electron chi connectivity index (χ0n) is 22.0. The smallest absolute Gasteiger partial charge is 0.336 e. The summed E-state index contributed by atoms with van der Waals surface area (Å²) in [4.78, 5) is 50.2. The molecule has 1 N–H and O–H groups in total. The molecule has 2 heterocycles. The van der Waals surface area contributed by atoms with Crippen LogP contribution in [-0.2, 0) is 29.1 Å². The van der Waals surface area contributed by atoms with E-state index in [2.05, 4.69) is 5.32 Å². The van der Waals surface area contributed by atoms with Crippen LogP contribution in [0.15, 0.2) is 76.0 Å². The molecule has 13 heteroatoms. The van der Waals surface area contributed by atoms with E-state index in [1.165, 1.54) is 36.4 Å². The number of fused-ring (bicyclic) bond motifs is 1. The summed E-state index contributed by atoms with van der Waals surface area (Å²) in [7, 11) is -4.01. The minimum absolute atomic E-state index is 0.000205. The number of nitrogens with zero attached hydrogens (tertiary/aromatic N) is 2. The fourth-order valence-corrected chi connectivity index (χ4v) is 6.46. The predicted octanol–water partition coefficient (Wildman–Crippen LogP) is 3.17. The maximum Gasteiger partial charge on any atom is 0.336 e. The number of sulfonamides is 1. The van der Waals surface area contributed by atoms with Crippen LogP contribution < -0.4 is 5.32 Å². The molecule has 0 aromatic heterocycles. The quantitative estimate of drug-likeness (QED) is 0.205. The lowest BCUT2D eigenvalue weighted by atomic mass is 9.79. The molecule has 1 unspecified atom stereocenters. The van der Waals surface area contributed by atoms with Crippen molar-refractivity contribution in [1.29, 1.82) is 0 Å². The second-order valence-corrected chi connectivity index (χ2v) is 10.9. The maximum absolute atomic E-state index is 13.4. The van der Waals surface area contributed by atoms with E-state index in [0.29, 0.717) is 11.4 Å². The number of nitro groups is 1. The number of allylic oxidation sites excluding steroid dienone is 2. The molecule has 0 aliphatic carbocycles. The van der Waals surface area contributed by atoms with E-state index in [-0.39, 0.29) is 59.0 Å². The first kappa shape index (κ1) is 28.5. The lowest BCUT2D eigenvalue weighted by molar-refractivity contribution is -0.385. The van der Waals surface area contributed by atoms with Gasteiger partial charge in [0.15, 0.2) is 0 Å². The van der Waals surface area contributed by atoms with Crippen molar-refractivity contribution in [2.75, 3.05) is 19.8 Å². The summed E-state index contributed by atoms with van der Waals surface area (Å²) in [5, 5.41) is 14.8. The third-order valence-electron chi connectivity index (χ3n) is 6.57. The van der Waals surface area contributed by atoms with Gasteiger partial charge in [0.2, 0.25) is 0 Å². The van der Waals surface area contributed by atoms with E-state index in [1.807, 2.05) is 0 Å². The molecule has 0 spiro atoms. The molecule has 0 radical (unpaired) electrons. The Kier molecular flexibility index (Phi) is 8.05. The number of nitro benzene ring substituents is 1. The Morgan fingerprint density at radius 2 is 1.60 bits per heavy atom. The van der Waals surface area contributed by atoms with Gasteiger partial charge in [-0.25, -0.2) is 22.3 Å². The molecule has 0 fully saturated rings. The summed E-state index contributed by atoms with van der Waals surface area (Å²) in [5.41, 5.74) is 0.586. The van der Waals surface area contributed by atoms with Crippen LogP contribution in [0, 0.1) is 10.1 Å². The Bertz CT molecular complexity index is 1580. The number of dihydropyridines is 1. The Morgan fingerprint density at radius 3 is 2.23 bits per heavy atom. The second kappa shape index (κ2) is 11.3. The first-order valence-electron chi connectivity index (χ1n) is 12.4. The van der Waals surface area contributed by atoms with Gasteiger partial charge in [-0.3, -0.25) is 14.9 Å². The van der Waals surface area contributed by atoms with Gasteiger partial charge >= 0.3 is 11.9 Å². The van der Waals surface area contributed by atoms with E-state index < -0.39 is 38.7 Å². The molecule has 0 saturated heterocycles. The molecule has 12 nitrogen and oxygen atoms in total. The van der Waals surface area contributed by atoms with Crippen molar-refractivity contribution in [2.45, 2.75) is 38.0 Å². The van der Waals surface area contributed by atoms with Crippen LogP contribution in [0.25, 0.3) is 0 Å². The first-order valence-corrected chi connectivity index (χ1v) is 13.9. The topological polar surface area (TPSA) is 162 Å². The Hall–Kier alpha value is -4.52. The van der Waals surface area contributed by atoms with Crippen molar-refractivity contribution in [3.05, 3.63) is 92.3 Å². The number of amides is 1. The van der Waals surface area contributed by atoms with Gasteiger partial charge < -0.3 is 14.8 Å². The Balaban J connectivity index is 1.57. The molecule has 0 saturated carbocycles. The van der Waals surface area contributed by atoms with Gasteiger partial charge in [-0.1, -0.05) is 30.3 Å². The van der Waals surface area contributed by atoms with Crippen LogP contribution >= 0.6 is 0 Å². The summed E-state index contributed by atoms with van der Waals surface area (Å²) >= 11 is 0. The third kappa shape index (κ3) is 5.07. The van der Waals surface area contributed by atoms with E-state index in [1.54, 1.807) is 32.9 Å². The molecule has 0 bridgehead atoms. The van der Waals surface area contributed by atoms with Crippen LogP contribution in [0.4, 0.5) is 5.69 Å². The van der Waals surface area contributed by atoms with E-state index in [0.717, 1.165) is 4.31 Å². The lowest BCUT2D eigenvalue weighted by Crippen LogP contribution is -2.33. The molecule has 210 valence electrons. The lowest BCUT2D eigenvalue weighted by Gasteiger charge is -2.30. The van der Waals surface area contributed by atoms with Gasteiger partial charge in [0.05, 0.1) is 40.8 Å². The van der Waals surface area contributed by atoms with Gasteiger partial charge in [-0.05, 0) is 32.9 Å². The van der Waals surface area contributed by atoms with Crippen LogP contribution in [0.5, 0.6) is 0 Å². The SMILES string of the molecule is CCOC(=O)C1=C(C)NC(C)=C(C(=O)OCCCN2C(=O)c3ccccc3S2(=O)=O)C1c1ccccc1[N+](=O)[O-]. The third-order valence-corrected chi connectivity index (χ3v) is 8.41. The standard InChI is InChI=1S/C27H27N3O9S/c1-4-38-26(32)22-16(2)28-17(3)23(24(22)18-10-5-7-12-20(18)30(34)35)27(33)39-15-9-14-29-25(31)19-11-6-8-13-21(19)40(29,36)37/h5-8,10-13,24,28H,4,9,14-15H2,1-3H3. The van der Waals surface area contributed by atoms with E-state index in [9.17, 15) is 32.9 Å². The van der Waals surface area contributed by atoms with Gasteiger partial charge in [0.25, 0.3) is 21.6 Å². The second-order valence-electron chi connectivity index (χ2n) is 9.04. The molecular formula is C27H27N3O9S. The molecule has 1 atom stereocenters. The van der Waals surface area contributed by atoms with Crippen molar-refractivity contribution >= 4 is 33.6 Å². The number of benzene rings is 2. The molecule has 2 aromatic carbocycles. The fraction of sp³-hybridized carbons (Fsp3) is 0.296. The number of nitrogens with one attached hydrogen (secondary N) is 1. The summed E-state index contributed by atoms with van der Waals surface area (Å²) in [6.45, 7) is 4.36. The number of carbonyl (C=O) groups is 3. The number of rotatable bonds is 9. The largest absolute Gasteiger partial charge is 0.463 e. The van der Waals surface area contributed by atoms with Crippen LogP contribution in [-0.4, -0.2) is 55.3 Å². The average molecular weight is 570 g/mol. The van der Waals surface area contributed by atoms with Crippen LogP contribution in [0.3, 0.4) is 0 Å². The molecule has 40 heavy (non-hydrogen) atoms. The number of hydrogen-bond acceptors (Lipinski definition) is 10. The van der Waals surface area contributed by atoms with E-state index in [4.69, 9.17) is 9.47 Å². The highest BCUT2D eigenvalue weighted by Crippen LogP contribution is 2.42. The van der Waals surface area contributed by atoms with Crippen molar-refractivity contribution in [3.63, 3.8) is 0 Å². The van der Waals surface area contributed by atoms with Crippen molar-refractivity contribution in [2.24, 2.45) is 0 Å². The summed E-state index contributed by atoms with van der Waals surface area (Å²) in [5.74, 6) is -3.43. The number of esters is 2. The van der Waals surface area contributed by atoms with Crippen LogP contribution in [0.2, 0.25) is 0 Å². The molecular weight excluding hydrogens is 542 g/mol. The maximum atomic E-state index is 13.4. The zero-order chi connectivity index (χ0) is 29.2. The minimum Gasteiger partial charge on any atom is -0.463 e. The molecule has 2 aromatic rings. The Labute approximate surface area is 230 Å². The molecule has 4 rings (SSSR count). The van der Waals surface area contributed by atoms with E-state index >= 15 is 0 Å². The van der Waals surface area contributed by atoms with Crippen molar-refractivity contribution in [1.82, 2.24) is 9.62 Å². The minimum atomic E-state index is -4.01. The number of ether oxygens (including phenoxy) is 2. The normalized spacial score (nSPS) is 17.8. The highest BCUT2D eigenvalue weighted by molar-refractivity contribution is 7.90. The summed E-state index contributed by atoms with van der Waals surface area (Å²) in [6, 6.07) is 11.7. The predicted molar refractivity (Wildman–Crippen MR) is 141 cm³/mol. The number of carbonyl (C=O) groups excluding carboxylic acids is 3. The average Bonchev–Trinajstić information content (AvgIpc) is 3.10. The van der Waals surface area contributed by atoms with Crippen LogP contribution in [0.1, 0.15) is 49.0 Å². The highest BCUT2D eigenvalue weighted by Gasteiger charge is 2.42. The van der Waals surface area contributed by atoms with Gasteiger partial charge in [-0.15, -0.1) is 0 Å². The summed E-state index contributed by atoms with van der Waals surface area (Å²) in [6.07, 6.45) is 0.000205. The van der Waals surface area contributed by atoms with Gasteiger partial charge in [-0.2, -0.15) is 0 Å². The van der Waals surface area contributed by atoms with Gasteiger partial charge in [0, 0.05) is 36.0 Å². The monoisotopic (exact) mass is 569 g/mol. The van der Waals surface area contributed by atoms with Crippen molar-refractivity contribution < 1.29 is 37.2 Å².